The van der Waals surface area contributed by atoms with Crippen molar-refractivity contribution in [1.82, 2.24) is 0 Å². The second-order valence-electron chi connectivity index (χ2n) is 4.42. The van der Waals surface area contributed by atoms with Crippen molar-refractivity contribution < 1.29 is 4.79 Å². The third-order valence-electron chi connectivity index (χ3n) is 3.04. The van der Waals surface area contributed by atoms with Crippen LogP contribution in [-0.2, 0) is 11.2 Å². The largest absolute Gasteiger partial charge is 0.330 e. The fourth-order valence-electron chi connectivity index (χ4n) is 2.08. The molecule has 4 nitrogen and oxygen atoms in total. The molecule has 1 amide bonds. The van der Waals surface area contributed by atoms with Crippen LogP contribution in [0.2, 0.25) is 0 Å². The number of amides is 1. The number of anilines is 1. The molecule has 1 aromatic carbocycles. The Hall–Kier alpha value is -1.68. The van der Waals surface area contributed by atoms with E-state index in [4.69, 9.17) is 5.73 Å². The number of unbranched alkanes of at least 4 members (excludes halogenated alkanes) is 1. The summed E-state index contributed by atoms with van der Waals surface area (Å²) in [6, 6.07) is 7.96. The van der Waals surface area contributed by atoms with Gasteiger partial charge in [0.15, 0.2) is 0 Å². The van der Waals surface area contributed by atoms with Gasteiger partial charge in [0.25, 0.3) is 0 Å². The zero-order chi connectivity index (χ0) is 12.8. The van der Waals surface area contributed by atoms with E-state index >= 15 is 0 Å². The Kier molecular flexibility index (Phi) is 4.47. The number of hydrogen-bond acceptors (Lipinski definition) is 3. The first-order valence-corrected chi connectivity index (χ1v) is 6.46. The first-order chi connectivity index (χ1) is 8.83. The molecule has 0 aliphatic carbocycles. The molecule has 0 unspecified atom stereocenters. The fourth-order valence-corrected chi connectivity index (χ4v) is 2.08. The number of para-hydroxylation sites is 1. The molecule has 0 spiro atoms. The van der Waals surface area contributed by atoms with Crippen molar-refractivity contribution in [3.63, 3.8) is 0 Å². The summed E-state index contributed by atoms with van der Waals surface area (Å²) >= 11 is 0. The van der Waals surface area contributed by atoms with Crippen LogP contribution in [-0.4, -0.2) is 18.7 Å². The van der Waals surface area contributed by atoms with Crippen LogP contribution in [0.5, 0.6) is 0 Å². The van der Waals surface area contributed by atoms with Gasteiger partial charge in [0, 0.05) is 12.6 Å². The maximum atomic E-state index is 11.9. The van der Waals surface area contributed by atoms with E-state index in [2.05, 4.69) is 11.2 Å². The quantitative estimate of drug-likeness (QED) is 0.807. The highest BCUT2D eigenvalue weighted by molar-refractivity contribution is 5.97. The molecule has 1 heterocycles. The number of nitrogens with two attached hydrogens (primary N) is 1. The van der Waals surface area contributed by atoms with Gasteiger partial charge in [-0.1, -0.05) is 18.2 Å². The Morgan fingerprint density at radius 1 is 1.28 bits per heavy atom. The van der Waals surface area contributed by atoms with Gasteiger partial charge in [0.05, 0.1) is 5.69 Å². The normalized spacial score (nSPS) is 15.2. The summed E-state index contributed by atoms with van der Waals surface area (Å²) in [5, 5.41) is 5.73. The van der Waals surface area contributed by atoms with Crippen molar-refractivity contribution in [2.75, 3.05) is 11.6 Å². The Labute approximate surface area is 107 Å². The molecule has 1 aliphatic rings. The number of carbonyl (C=O) groups excluding carboxylic acids is 1. The van der Waals surface area contributed by atoms with Gasteiger partial charge in [0.2, 0.25) is 5.91 Å². The van der Waals surface area contributed by atoms with Crippen LogP contribution in [0.3, 0.4) is 0 Å². The highest BCUT2D eigenvalue weighted by atomic mass is 16.2. The third kappa shape index (κ3) is 2.96. The monoisotopic (exact) mass is 245 g/mol. The van der Waals surface area contributed by atoms with E-state index in [9.17, 15) is 4.79 Å². The van der Waals surface area contributed by atoms with Crippen molar-refractivity contribution in [1.29, 1.82) is 0 Å². The molecular formula is C14H19N3O. The first kappa shape index (κ1) is 12.8. The third-order valence-corrected chi connectivity index (χ3v) is 3.04. The fraction of sp³-hybridized carbons (Fsp3) is 0.429. The molecule has 18 heavy (non-hydrogen) atoms. The summed E-state index contributed by atoms with van der Waals surface area (Å²) < 4.78 is 0. The number of hydrogen-bond donors (Lipinski definition) is 1. The molecule has 0 aromatic heterocycles. The van der Waals surface area contributed by atoms with Crippen molar-refractivity contribution >= 4 is 17.8 Å². The molecule has 2 N–H and O–H groups in total. The minimum Gasteiger partial charge on any atom is -0.330 e. The van der Waals surface area contributed by atoms with E-state index in [1.165, 1.54) is 10.6 Å². The van der Waals surface area contributed by atoms with Crippen LogP contribution in [0, 0.1) is 0 Å². The predicted octanol–water partition coefficient (Wildman–Crippen LogP) is 2.08. The maximum Gasteiger partial charge on any atom is 0.247 e. The van der Waals surface area contributed by atoms with Gasteiger partial charge in [-0.2, -0.15) is 5.10 Å². The van der Waals surface area contributed by atoms with E-state index in [0.717, 1.165) is 31.4 Å². The number of carbonyl (C=O) groups is 1. The zero-order valence-corrected chi connectivity index (χ0v) is 10.5. The van der Waals surface area contributed by atoms with Crippen LogP contribution in [0.25, 0.3) is 0 Å². The minimum atomic E-state index is 0.0729. The average molecular weight is 245 g/mol. The Morgan fingerprint density at radius 2 is 2.11 bits per heavy atom. The minimum absolute atomic E-state index is 0.0729. The summed E-state index contributed by atoms with van der Waals surface area (Å²) in [5.74, 6) is 0.0729. The van der Waals surface area contributed by atoms with Crippen LogP contribution < -0.4 is 10.7 Å². The Bertz CT molecular complexity index is 442. The van der Waals surface area contributed by atoms with Crippen molar-refractivity contribution in [3.8, 4) is 0 Å². The van der Waals surface area contributed by atoms with Gasteiger partial charge in [-0.15, -0.1) is 0 Å². The molecule has 2 rings (SSSR count). The van der Waals surface area contributed by atoms with E-state index in [0.29, 0.717) is 13.0 Å². The summed E-state index contributed by atoms with van der Waals surface area (Å²) in [6.07, 6.45) is 6.07. The van der Waals surface area contributed by atoms with Crippen LogP contribution in [0.4, 0.5) is 5.69 Å². The summed E-state index contributed by atoms with van der Waals surface area (Å²) in [6.45, 7) is 0.711. The number of aryl methyl sites for hydroxylation is 1. The van der Waals surface area contributed by atoms with Crippen LogP contribution >= 0.6 is 0 Å². The van der Waals surface area contributed by atoms with Gasteiger partial charge in [-0.3, -0.25) is 4.79 Å². The topological polar surface area (TPSA) is 58.7 Å². The molecule has 0 saturated heterocycles. The Balaban J connectivity index is 2.18. The second kappa shape index (κ2) is 6.31. The van der Waals surface area contributed by atoms with Gasteiger partial charge in [-0.05, 0) is 43.9 Å². The van der Waals surface area contributed by atoms with Gasteiger partial charge in [0.1, 0.15) is 0 Å². The molecule has 0 saturated carbocycles. The van der Waals surface area contributed by atoms with Crippen molar-refractivity contribution in [2.45, 2.75) is 32.1 Å². The standard InChI is InChI=1S/C14H19N3O/c15-10-4-3-7-12-6-1-2-8-13(12)17-14(18)9-5-11-16-17/h1-2,6,8,11H,3-5,7,9-10,15H2. The summed E-state index contributed by atoms with van der Waals surface area (Å²) in [7, 11) is 0. The molecule has 0 fully saturated rings. The summed E-state index contributed by atoms with van der Waals surface area (Å²) in [4.78, 5) is 11.9. The lowest BCUT2D eigenvalue weighted by Crippen LogP contribution is -2.29. The van der Waals surface area contributed by atoms with E-state index in [-0.39, 0.29) is 5.91 Å². The summed E-state index contributed by atoms with van der Waals surface area (Å²) in [5.41, 5.74) is 7.59. The molecule has 1 aliphatic heterocycles. The highest BCUT2D eigenvalue weighted by Gasteiger charge is 2.19. The lowest BCUT2D eigenvalue weighted by molar-refractivity contribution is -0.118. The Morgan fingerprint density at radius 3 is 2.89 bits per heavy atom. The molecular weight excluding hydrogens is 226 g/mol. The second-order valence-corrected chi connectivity index (χ2v) is 4.42. The number of rotatable bonds is 5. The molecule has 0 bridgehead atoms. The zero-order valence-electron chi connectivity index (χ0n) is 10.5. The number of nitrogens with zero attached hydrogens (tertiary/aromatic N) is 2. The van der Waals surface area contributed by atoms with Crippen molar-refractivity contribution in [3.05, 3.63) is 29.8 Å². The maximum absolute atomic E-state index is 11.9. The number of hydrazone groups is 1. The van der Waals surface area contributed by atoms with Crippen molar-refractivity contribution in [2.24, 2.45) is 10.8 Å². The van der Waals surface area contributed by atoms with E-state index in [1.54, 1.807) is 6.21 Å². The molecule has 1 aromatic rings. The number of benzene rings is 1. The first-order valence-electron chi connectivity index (χ1n) is 6.46. The predicted molar refractivity (Wildman–Crippen MR) is 73.6 cm³/mol. The SMILES string of the molecule is NCCCCc1ccccc1N1N=CCCC1=O. The van der Waals surface area contributed by atoms with Crippen LogP contribution in [0.1, 0.15) is 31.2 Å². The molecule has 96 valence electrons. The van der Waals surface area contributed by atoms with Gasteiger partial charge >= 0.3 is 0 Å². The molecule has 0 radical (unpaired) electrons. The van der Waals surface area contributed by atoms with Gasteiger partial charge in [-0.25, -0.2) is 5.01 Å². The lowest BCUT2D eigenvalue weighted by Gasteiger charge is -2.22. The van der Waals surface area contributed by atoms with E-state index in [1.807, 2.05) is 18.2 Å². The van der Waals surface area contributed by atoms with Crippen LogP contribution in [0.15, 0.2) is 29.4 Å². The average Bonchev–Trinajstić information content (AvgIpc) is 2.40. The van der Waals surface area contributed by atoms with Gasteiger partial charge < -0.3 is 5.73 Å². The van der Waals surface area contributed by atoms with E-state index < -0.39 is 0 Å². The molecule has 4 heteroatoms. The lowest BCUT2D eigenvalue weighted by atomic mass is 10.1. The smallest absolute Gasteiger partial charge is 0.247 e. The highest BCUT2D eigenvalue weighted by Crippen LogP contribution is 2.24. The molecule has 0 atom stereocenters.